The molecule has 0 radical (unpaired) electrons. The summed E-state index contributed by atoms with van der Waals surface area (Å²) in [6.45, 7) is 17.0. The normalized spacial score (nSPS) is 18.1. The van der Waals surface area contributed by atoms with E-state index in [0.29, 0.717) is 24.3 Å². The number of methoxy groups -OCH3 is 1. The second-order valence-corrected chi connectivity index (χ2v) is 19.1. The van der Waals surface area contributed by atoms with Crippen LogP contribution >= 0.6 is 11.3 Å². The highest BCUT2D eigenvalue weighted by molar-refractivity contribution is 7.09. The Morgan fingerprint density at radius 1 is 1.08 bits per heavy atom. The zero-order chi connectivity index (χ0) is 36.0. The van der Waals surface area contributed by atoms with Crippen molar-refractivity contribution in [1.29, 1.82) is 0 Å². The minimum absolute atomic E-state index is 0.0660. The highest BCUT2D eigenvalue weighted by Crippen LogP contribution is 2.37. The van der Waals surface area contributed by atoms with Gasteiger partial charge in [0.2, 0.25) is 11.8 Å². The summed E-state index contributed by atoms with van der Waals surface area (Å²) >= 11 is 1.35. The van der Waals surface area contributed by atoms with Gasteiger partial charge in [-0.05, 0) is 69.2 Å². The van der Waals surface area contributed by atoms with Crippen molar-refractivity contribution in [3.05, 3.63) is 16.1 Å². The van der Waals surface area contributed by atoms with Gasteiger partial charge in [-0.15, -0.1) is 11.3 Å². The molecule has 0 spiro atoms. The lowest BCUT2D eigenvalue weighted by atomic mass is 9.92. The number of carbonyl (C=O) groups excluding carboxylic acids is 4. The van der Waals surface area contributed by atoms with Gasteiger partial charge in [0.25, 0.3) is 0 Å². The molecule has 13 heteroatoms. The minimum atomic E-state index is -2.19. The molecular formula is C35H62N4O7SSi. The zero-order valence-electron chi connectivity index (χ0n) is 31.1. The van der Waals surface area contributed by atoms with Crippen molar-refractivity contribution in [2.75, 3.05) is 27.4 Å². The van der Waals surface area contributed by atoms with Crippen LogP contribution in [0, 0.1) is 11.8 Å². The number of hydrogen-bond donors (Lipinski definition) is 1. The van der Waals surface area contributed by atoms with Gasteiger partial charge < -0.3 is 24.1 Å². The number of rotatable bonds is 20. The first-order chi connectivity index (χ1) is 22.8. The number of esters is 2. The summed E-state index contributed by atoms with van der Waals surface area (Å²) in [4.78, 5) is 61.8. The molecule has 1 aromatic heterocycles. The number of hydrogen-bond acceptors (Lipinski definition) is 10. The molecule has 2 heterocycles. The molecule has 11 nitrogen and oxygen atoms in total. The molecule has 1 aliphatic heterocycles. The molecule has 0 saturated carbocycles. The minimum Gasteiger partial charge on any atom is -0.464 e. The number of ether oxygens (including phenoxy) is 2. The predicted octanol–water partition coefficient (Wildman–Crippen LogP) is 6.55. The quantitative estimate of drug-likeness (QED) is 0.0911. The van der Waals surface area contributed by atoms with E-state index in [9.17, 15) is 19.2 Å². The van der Waals surface area contributed by atoms with Crippen molar-refractivity contribution < 1.29 is 33.1 Å². The summed E-state index contributed by atoms with van der Waals surface area (Å²) in [5.74, 6) is -1.55. The van der Waals surface area contributed by atoms with Crippen LogP contribution in [0.15, 0.2) is 5.38 Å². The van der Waals surface area contributed by atoms with Crippen LogP contribution in [0.5, 0.6) is 0 Å². The lowest BCUT2D eigenvalue weighted by molar-refractivity contribution is -0.159. The maximum atomic E-state index is 14.8. The summed E-state index contributed by atoms with van der Waals surface area (Å²) in [5.41, 5.74) is 0.220. The fourth-order valence-corrected chi connectivity index (χ4v) is 10.1. The van der Waals surface area contributed by atoms with Gasteiger partial charge in [-0.2, -0.15) is 0 Å². The number of amides is 2. The monoisotopic (exact) mass is 710 g/mol. The molecule has 5 atom stereocenters. The van der Waals surface area contributed by atoms with Crippen molar-refractivity contribution in [3.8, 4) is 0 Å². The molecule has 48 heavy (non-hydrogen) atoms. The third-order valence-corrected chi connectivity index (χ3v) is 15.7. The van der Waals surface area contributed by atoms with Crippen molar-refractivity contribution in [3.63, 3.8) is 0 Å². The number of likely N-dealkylation sites (tertiary alicyclic amines) is 1. The van der Waals surface area contributed by atoms with Crippen LogP contribution in [-0.4, -0.2) is 92.4 Å². The van der Waals surface area contributed by atoms with E-state index in [1.807, 2.05) is 41.7 Å². The molecule has 0 aromatic carbocycles. The van der Waals surface area contributed by atoms with Gasteiger partial charge in [-0.25, -0.2) is 9.78 Å². The zero-order valence-corrected chi connectivity index (χ0v) is 33.0. The molecule has 0 unspecified atom stereocenters. The average Bonchev–Trinajstić information content (AvgIpc) is 3.58. The second kappa shape index (κ2) is 20.4. The summed E-state index contributed by atoms with van der Waals surface area (Å²) in [6.07, 6.45) is 4.18. The summed E-state index contributed by atoms with van der Waals surface area (Å²) in [6, 6.07) is 1.20. The van der Waals surface area contributed by atoms with Crippen molar-refractivity contribution in [2.45, 2.75) is 143 Å². The number of carbonyl (C=O) groups is 4. The summed E-state index contributed by atoms with van der Waals surface area (Å²) in [7, 11) is 1.09. The molecule has 2 rings (SSSR count). The molecule has 1 saturated heterocycles. The van der Waals surface area contributed by atoms with Crippen LogP contribution in [0.1, 0.15) is 122 Å². The Kier molecular flexibility index (Phi) is 17.7. The van der Waals surface area contributed by atoms with Gasteiger partial charge in [0, 0.05) is 17.8 Å². The Bertz CT molecular complexity index is 1170. The third kappa shape index (κ3) is 11.3. The molecule has 274 valence electrons. The number of nitrogens with zero attached hydrogens (tertiary/aromatic N) is 3. The Balaban J connectivity index is 2.60. The average molecular weight is 711 g/mol. The largest absolute Gasteiger partial charge is 0.464 e. The van der Waals surface area contributed by atoms with E-state index >= 15 is 0 Å². The van der Waals surface area contributed by atoms with Crippen LogP contribution < -0.4 is 5.32 Å². The Morgan fingerprint density at radius 3 is 2.29 bits per heavy atom. The van der Waals surface area contributed by atoms with Crippen molar-refractivity contribution in [2.24, 2.45) is 11.8 Å². The van der Waals surface area contributed by atoms with E-state index in [2.05, 4.69) is 36.0 Å². The van der Waals surface area contributed by atoms with Gasteiger partial charge in [0.15, 0.2) is 20.7 Å². The van der Waals surface area contributed by atoms with Gasteiger partial charge in [-0.3, -0.25) is 19.3 Å². The molecule has 1 fully saturated rings. The number of piperidine rings is 1. The highest BCUT2D eigenvalue weighted by Gasteiger charge is 2.41. The fourth-order valence-electron chi connectivity index (χ4n) is 6.37. The molecule has 1 N–H and O–H groups in total. The topological polar surface area (TPSA) is 127 Å². The number of aromatic nitrogens is 1. The lowest BCUT2D eigenvalue weighted by Gasteiger charge is -2.41. The van der Waals surface area contributed by atoms with E-state index < -0.39 is 32.5 Å². The Morgan fingerprint density at radius 2 is 1.75 bits per heavy atom. The van der Waals surface area contributed by atoms with E-state index in [0.717, 1.165) is 43.9 Å². The van der Waals surface area contributed by atoms with Gasteiger partial charge in [-0.1, -0.05) is 68.2 Å². The maximum Gasteiger partial charge on any atom is 0.357 e. The number of likely N-dealkylation sites (N-methyl/N-ethyl adjacent to an activating group) is 1. The SMILES string of the molecule is CCCC(=O)OCN(C(=O)[C@@H](NC(=O)[C@H]1CCCCN1C)[C@@H](C)CC)[C@H](C[C@@H](O[Si](CC)(CC)CC)c1nc(C(=O)OC)cs1)C(C)C. The third-order valence-electron chi connectivity index (χ3n) is 10.1. The van der Waals surface area contributed by atoms with Crippen LogP contribution in [-0.2, 0) is 28.3 Å². The van der Waals surface area contributed by atoms with Crippen molar-refractivity contribution in [1.82, 2.24) is 20.1 Å². The van der Waals surface area contributed by atoms with E-state index in [1.54, 1.807) is 10.3 Å². The summed E-state index contributed by atoms with van der Waals surface area (Å²) in [5, 5.41) is 5.46. The maximum absolute atomic E-state index is 14.8. The first kappa shape index (κ1) is 41.8. The van der Waals surface area contributed by atoms with Crippen molar-refractivity contribution >= 4 is 43.4 Å². The van der Waals surface area contributed by atoms with Gasteiger partial charge in [0.1, 0.15) is 11.0 Å². The summed E-state index contributed by atoms with van der Waals surface area (Å²) < 4.78 is 17.7. The number of thiazole rings is 1. The first-order valence-corrected chi connectivity index (χ1v) is 21.4. The molecule has 2 amide bonds. The molecule has 1 aliphatic rings. The van der Waals surface area contributed by atoms with Gasteiger partial charge in [0.05, 0.1) is 19.3 Å². The van der Waals surface area contributed by atoms with E-state index in [4.69, 9.17) is 13.9 Å². The van der Waals surface area contributed by atoms with E-state index in [-0.39, 0.29) is 54.5 Å². The molecular weight excluding hydrogens is 649 g/mol. The Labute approximate surface area is 294 Å². The smallest absolute Gasteiger partial charge is 0.357 e. The lowest BCUT2D eigenvalue weighted by Crippen LogP contribution is -2.59. The first-order valence-electron chi connectivity index (χ1n) is 18.0. The second-order valence-electron chi connectivity index (χ2n) is 13.5. The predicted molar refractivity (Wildman–Crippen MR) is 192 cm³/mol. The van der Waals surface area contributed by atoms with Crippen LogP contribution in [0.25, 0.3) is 0 Å². The fraction of sp³-hybridized carbons (Fsp3) is 0.800. The molecule has 0 aliphatic carbocycles. The van der Waals surface area contributed by atoms with Crippen LogP contribution in [0.4, 0.5) is 0 Å². The molecule has 0 bridgehead atoms. The Hall–Kier alpha value is -2.35. The highest BCUT2D eigenvalue weighted by atomic mass is 32.1. The molecule has 1 aromatic rings. The van der Waals surface area contributed by atoms with Crippen LogP contribution in [0.2, 0.25) is 18.1 Å². The number of nitrogens with one attached hydrogen (secondary N) is 1. The standard InChI is InChI=1S/C35H62N4O7SSi/c1-11-18-30(40)45-23-39(34(42)31(25(8)12-2)37-32(41)27-19-16-17-20-38(27)9)28(24(6)7)21-29(46-48(13-3,14-4)15-5)33-36-26(22-47-33)35(43)44-10/h22,24-25,27-29,31H,11-21,23H2,1-10H3,(H,37,41)/t25-,27+,28+,29+,31-/m0/s1. The van der Waals surface area contributed by atoms with E-state index in [1.165, 1.54) is 18.4 Å². The van der Waals surface area contributed by atoms with Gasteiger partial charge >= 0.3 is 11.9 Å². The van der Waals surface area contributed by atoms with Crippen LogP contribution in [0.3, 0.4) is 0 Å².